The minimum absolute atomic E-state index is 0.0752. The molecule has 0 N–H and O–H groups in total. The number of halogens is 11. The van der Waals surface area contributed by atoms with Gasteiger partial charge in [-0.2, -0.15) is 0 Å². The van der Waals surface area contributed by atoms with Crippen LogP contribution in [0.4, 0.5) is 48.3 Å². The summed E-state index contributed by atoms with van der Waals surface area (Å²) in [6.45, 7) is 4.27. The van der Waals surface area contributed by atoms with Crippen molar-refractivity contribution in [3.05, 3.63) is 158 Å². The van der Waals surface area contributed by atoms with Crippen molar-refractivity contribution in [1.82, 2.24) is 0 Å². The van der Waals surface area contributed by atoms with Gasteiger partial charge in [-0.1, -0.05) is 42.5 Å². The summed E-state index contributed by atoms with van der Waals surface area (Å²) in [5, 5.41) is 0. The fourth-order valence-electron chi connectivity index (χ4n) is 5.88. The first-order valence-corrected chi connectivity index (χ1v) is 12.9. The van der Waals surface area contributed by atoms with Gasteiger partial charge in [0.25, 0.3) is 0 Å². The zero-order chi connectivity index (χ0) is 32.5. The van der Waals surface area contributed by atoms with E-state index in [4.69, 9.17) is 0 Å². The molecule has 0 amide bonds. The third-order valence-corrected chi connectivity index (χ3v) is 7.98. The Morgan fingerprint density at radius 3 is 1.64 bits per heavy atom. The number of hydrogen-bond donors (Lipinski definition) is 0. The maximum absolute atomic E-state index is 18.3. The molecule has 0 spiro atoms. The molecule has 228 valence electrons. The molecule has 0 fully saturated rings. The Bertz CT molecular complexity index is 1880. The normalized spacial score (nSPS) is 20.5. The SMILES string of the molecule is Cc1cc(C)c(C2=C(F)C(F)=C(F)C(F)(c3ccccc3)C2(c2cc(F)c(F)cc2F)c2c(F)c(F)cc(F)c2F)cc1C. The number of hydrogen-bond acceptors (Lipinski definition) is 0. The van der Waals surface area contributed by atoms with E-state index in [1.807, 2.05) is 0 Å². The van der Waals surface area contributed by atoms with Crippen molar-refractivity contribution < 1.29 is 48.3 Å². The third-order valence-electron chi connectivity index (χ3n) is 7.98. The van der Waals surface area contributed by atoms with E-state index < -0.39 is 97.1 Å². The van der Waals surface area contributed by atoms with E-state index in [9.17, 15) is 17.6 Å². The summed E-state index contributed by atoms with van der Waals surface area (Å²) in [6.07, 6.45) is 0. The lowest BCUT2D eigenvalue weighted by Gasteiger charge is -2.49. The standard InChI is InChI=1S/C33H19F11/c1-14-9-16(3)18(10-15(14)2)25-29(41)30(42)31(43)33(44,17-7-5-4-6-8-17)32(25,19-11-21(35)22(36)12-20(19)34)26-27(39)23(37)13-24(38)28(26)40/h4-13H,1-3H3. The number of alkyl halides is 1. The summed E-state index contributed by atoms with van der Waals surface area (Å²) in [5.41, 5.74) is -15.0. The molecule has 0 bridgehead atoms. The van der Waals surface area contributed by atoms with Crippen molar-refractivity contribution in [1.29, 1.82) is 0 Å². The molecule has 0 saturated heterocycles. The van der Waals surface area contributed by atoms with Crippen LogP contribution in [0.1, 0.15) is 38.9 Å². The van der Waals surface area contributed by atoms with Gasteiger partial charge in [0, 0.05) is 28.8 Å². The highest BCUT2D eigenvalue weighted by atomic mass is 19.2. The van der Waals surface area contributed by atoms with Gasteiger partial charge in [0.15, 0.2) is 52.4 Å². The van der Waals surface area contributed by atoms with Crippen LogP contribution in [0.15, 0.2) is 78.1 Å². The van der Waals surface area contributed by atoms with Gasteiger partial charge < -0.3 is 0 Å². The molecule has 1 aliphatic rings. The Kier molecular flexibility index (Phi) is 7.50. The van der Waals surface area contributed by atoms with Gasteiger partial charge in [-0.05, 0) is 54.7 Å². The van der Waals surface area contributed by atoms with E-state index in [1.165, 1.54) is 26.0 Å². The summed E-state index contributed by atoms with van der Waals surface area (Å²) < 4.78 is 174. The highest BCUT2D eigenvalue weighted by Crippen LogP contribution is 2.67. The van der Waals surface area contributed by atoms with Crippen LogP contribution in [-0.2, 0) is 11.1 Å². The van der Waals surface area contributed by atoms with Gasteiger partial charge in [-0.3, -0.25) is 0 Å². The number of benzene rings is 4. The summed E-state index contributed by atoms with van der Waals surface area (Å²) in [6, 6.07) is 6.58. The van der Waals surface area contributed by atoms with Crippen LogP contribution in [0.3, 0.4) is 0 Å². The average Bonchev–Trinajstić information content (AvgIpc) is 2.98. The second kappa shape index (κ2) is 10.6. The van der Waals surface area contributed by atoms with Crippen molar-refractivity contribution in [3.8, 4) is 0 Å². The van der Waals surface area contributed by atoms with E-state index in [2.05, 4.69) is 0 Å². The highest BCUT2D eigenvalue weighted by molar-refractivity contribution is 5.89. The Labute approximate surface area is 243 Å². The second-order valence-electron chi connectivity index (χ2n) is 10.4. The van der Waals surface area contributed by atoms with E-state index in [-0.39, 0.29) is 29.3 Å². The summed E-state index contributed by atoms with van der Waals surface area (Å²) in [5.74, 6) is -22.9. The topological polar surface area (TPSA) is 0 Å². The molecular formula is C33H19F11. The maximum Gasteiger partial charge on any atom is 0.208 e. The smallest absolute Gasteiger partial charge is 0.208 e. The van der Waals surface area contributed by atoms with Gasteiger partial charge in [-0.15, -0.1) is 0 Å². The number of allylic oxidation sites excluding steroid dienone is 4. The Hall–Kier alpha value is -4.41. The van der Waals surface area contributed by atoms with Crippen LogP contribution in [0.5, 0.6) is 0 Å². The van der Waals surface area contributed by atoms with Crippen molar-refractivity contribution in [3.63, 3.8) is 0 Å². The molecule has 0 saturated carbocycles. The van der Waals surface area contributed by atoms with Crippen LogP contribution >= 0.6 is 0 Å². The molecule has 44 heavy (non-hydrogen) atoms. The molecule has 2 unspecified atom stereocenters. The van der Waals surface area contributed by atoms with Crippen LogP contribution in [0.25, 0.3) is 5.57 Å². The zero-order valence-corrected chi connectivity index (χ0v) is 22.9. The van der Waals surface area contributed by atoms with E-state index in [1.54, 1.807) is 6.92 Å². The number of rotatable bonds is 4. The van der Waals surface area contributed by atoms with Crippen molar-refractivity contribution in [2.75, 3.05) is 0 Å². The largest absolute Gasteiger partial charge is 0.229 e. The molecule has 0 aromatic heterocycles. The maximum atomic E-state index is 18.3. The predicted octanol–water partition coefficient (Wildman–Crippen LogP) is 10.3. The molecule has 0 aliphatic heterocycles. The molecule has 0 heterocycles. The van der Waals surface area contributed by atoms with E-state index in [0.29, 0.717) is 5.56 Å². The Morgan fingerprint density at radius 2 is 1.05 bits per heavy atom. The molecule has 0 nitrogen and oxygen atoms in total. The second-order valence-corrected chi connectivity index (χ2v) is 10.4. The molecule has 11 heteroatoms. The Balaban J connectivity index is 2.23. The zero-order valence-electron chi connectivity index (χ0n) is 22.9. The first-order valence-electron chi connectivity index (χ1n) is 12.9. The molecular weight excluding hydrogens is 605 g/mol. The van der Waals surface area contributed by atoms with Crippen molar-refractivity contribution >= 4 is 5.57 Å². The Morgan fingerprint density at radius 1 is 0.523 bits per heavy atom. The fraction of sp³-hybridized carbons (Fsp3) is 0.152. The molecule has 2 atom stereocenters. The van der Waals surface area contributed by atoms with E-state index in [0.717, 1.165) is 30.3 Å². The van der Waals surface area contributed by atoms with Crippen LogP contribution in [0, 0.1) is 61.5 Å². The van der Waals surface area contributed by atoms with Crippen molar-refractivity contribution in [2.24, 2.45) is 0 Å². The van der Waals surface area contributed by atoms with Gasteiger partial charge >= 0.3 is 0 Å². The molecule has 1 aliphatic carbocycles. The van der Waals surface area contributed by atoms with Gasteiger partial charge in [0.05, 0.1) is 0 Å². The van der Waals surface area contributed by atoms with Crippen LogP contribution in [-0.4, -0.2) is 0 Å². The van der Waals surface area contributed by atoms with Gasteiger partial charge in [-0.25, -0.2) is 48.3 Å². The molecule has 0 radical (unpaired) electrons. The first-order chi connectivity index (χ1) is 20.6. The minimum Gasteiger partial charge on any atom is -0.229 e. The third kappa shape index (κ3) is 4.11. The van der Waals surface area contributed by atoms with Gasteiger partial charge in [0.2, 0.25) is 5.67 Å². The van der Waals surface area contributed by atoms with Crippen LogP contribution in [0.2, 0.25) is 0 Å². The quantitative estimate of drug-likeness (QED) is 0.157. The fourth-order valence-corrected chi connectivity index (χ4v) is 5.88. The minimum atomic E-state index is -4.50. The average molecular weight is 624 g/mol. The molecule has 5 rings (SSSR count). The molecule has 4 aromatic carbocycles. The summed E-state index contributed by atoms with van der Waals surface area (Å²) in [7, 11) is 0. The van der Waals surface area contributed by atoms with Gasteiger partial charge in [0.1, 0.15) is 11.2 Å². The predicted molar refractivity (Wildman–Crippen MR) is 141 cm³/mol. The highest BCUT2D eigenvalue weighted by Gasteiger charge is 2.68. The molecule has 4 aromatic rings. The summed E-state index contributed by atoms with van der Waals surface area (Å²) in [4.78, 5) is 0. The summed E-state index contributed by atoms with van der Waals surface area (Å²) >= 11 is 0. The lowest BCUT2D eigenvalue weighted by molar-refractivity contribution is 0.0974. The van der Waals surface area contributed by atoms with E-state index >= 15 is 30.7 Å². The monoisotopic (exact) mass is 624 g/mol. The van der Waals surface area contributed by atoms with Crippen molar-refractivity contribution in [2.45, 2.75) is 31.9 Å². The first kappa shape index (κ1) is 31.0. The van der Waals surface area contributed by atoms with Crippen LogP contribution < -0.4 is 0 Å². The lowest BCUT2D eigenvalue weighted by Crippen LogP contribution is -2.53. The lowest BCUT2D eigenvalue weighted by atomic mass is 9.53. The number of aryl methyl sites for hydroxylation is 3.